The lowest BCUT2D eigenvalue weighted by Gasteiger charge is -2.25. The number of aliphatic carboxylic acids is 1. The van der Waals surface area contributed by atoms with E-state index in [1.165, 1.54) is 11.3 Å². The zero-order valence-electron chi connectivity index (χ0n) is 13.6. The summed E-state index contributed by atoms with van der Waals surface area (Å²) in [4.78, 5) is 25.6. The molecule has 0 spiro atoms. The molecule has 2 aromatic rings. The smallest absolute Gasteiger partial charge is 0.329 e. The van der Waals surface area contributed by atoms with Crippen molar-refractivity contribution in [2.75, 3.05) is 0 Å². The number of thiophene rings is 1. The summed E-state index contributed by atoms with van der Waals surface area (Å²) in [6.45, 7) is 3.86. The highest BCUT2D eigenvalue weighted by Gasteiger charge is 2.35. The molecule has 2 N–H and O–H groups in total. The molecule has 1 unspecified atom stereocenters. The monoisotopic (exact) mass is 345 g/mol. The molecule has 0 saturated heterocycles. The van der Waals surface area contributed by atoms with E-state index in [9.17, 15) is 14.7 Å². The van der Waals surface area contributed by atoms with Crippen LogP contribution >= 0.6 is 11.3 Å². The first-order valence-corrected chi connectivity index (χ1v) is 8.67. The summed E-state index contributed by atoms with van der Waals surface area (Å²) in [6, 6.07) is 9.50. The number of carboxylic acids is 1. The van der Waals surface area contributed by atoms with E-state index in [1.54, 1.807) is 13.0 Å². The number of hydrogen-bond acceptors (Lipinski definition) is 4. The molecular formula is C18H19NO4S. The second-order valence-electron chi connectivity index (χ2n) is 6.09. The average molecular weight is 345 g/mol. The highest BCUT2D eigenvalue weighted by atomic mass is 32.1. The highest BCUT2D eigenvalue weighted by Crippen LogP contribution is 2.42. The Hall–Kier alpha value is -2.34. The van der Waals surface area contributed by atoms with Crippen LogP contribution in [0, 0.1) is 0 Å². The van der Waals surface area contributed by atoms with Gasteiger partial charge in [-0.3, -0.25) is 4.79 Å². The zero-order valence-corrected chi connectivity index (χ0v) is 14.4. The van der Waals surface area contributed by atoms with Gasteiger partial charge in [-0.25, -0.2) is 4.79 Å². The number of para-hydroxylation sites is 1. The summed E-state index contributed by atoms with van der Waals surface area (Å²) < 4.78 is 5.70. The molecule has 1 aromatic carbocycles. The van der Waals surface area contributed by atoms with Gasteiger partial charge in [-0.1, -0.05) is 25.5 Å². The van der Waals surface area contributed by atoms with E-state index in [0.717, 1.165) is 21.8 Å². The van der Waals surface area contributed by atoms with Crippen molar-refractivity contribution >= 4 is 23.2 Å². The van der Waals surface area contributed by atoms with E-state index in [2.05, 4.69) is 5.32 Å². The number of carbonyl (C=O) groups excluding carboxylic acids is 1. The SMILES string of the molecule is CCCC(C)(NC(=O)c1cc2c(s1)-c1ccccc1OC2)C(=O)O. The Bertz CT molecular complexity index is 798. The maximum atomic E-state index is 12.6. The topological polar surface area (TPSA) is 75.6 Å². The Morgan fingerprint density at radius 2 is 2.12 bits per heavy atom. The summed E-state index contributed by atoms with van der Waals surface area (Å²) in [5.41, 5.74) is 0.666. The fourth-order valence-electron chi connectivity index (χ4n) is 2.85. The average Bonchev–Trinajstić information content (AvgIpc) is 2.99. The molecule has 6 heteroatoms. The quantitative estimate of drug-likeness (QED) is 0.867. The molecule has 3 rings (SSSR count). The first-order chi connectivity index (χ1) is 11.4. The van der Waals surface area contributed by atoms with Crippen molar-refractivity contribution < 1.29 is 19.4 Å². The minimum Gasteiger partial charge on any atom is -0.488 e. The summed E-state index contributed by atoms with van der Waals surface area (Å²) >= 11 is 1.37. The molecule has 1 atom stereocenters. The van der Waals surface area contributed by atoms with Crippen molar-refractivity contribution in [1.29, 1.82) is 0 Å². The first kappa shape index (κ1) is 16.5. The summed E-state index contributed by atoms with van der Waals surface area (Å²) in [5, 5.41) is 12.1. The van der Waals surface area contributed by atoms with E-state index < -0.39 is 11.5 Å². The van der Waals surface area contributed by atoms with E-state index in [4.69, 9.17) is 4.74 Å². The number of carbonyl (C=O) groups is 2. The molecule has 0 aliphatic carbocycles. The third kappa shape index (κ3) is 2.89. The summed E-state index contributed by atoms with van der Waals surface area (Å²) in [7, 11) is 0. The predicted octanol–water partition coefficient (Wildman–Crippen LogP) is 3.68. The van der Waals surface area contributed by atoms with Gasteiger partial charge in [-0.05, 0) is 31.5 Å². The Labute approximate surface area is 144 Å². The number of ether oxygens (including phenoxy) is 1. The van der Waals surface area contributed by atoms with Gasteiger partial charge in [0.05, 0.1) is 4.88 Å². The Balaban J connectivity index is 1.89. The maximum Gasteiger partial charge on any atom is 0.329 e. The molecule has 24 heavy (non-hydrogen) atoms. The number of nitrogens with one attached hydrogen (secondary N) is 1. The van der Waals surface area contributed by atoms with Crippen LogP contribution in [0.1, 0.15) is 41.9 Å². The van der Waals surface area contributed by atoms with E-state index in [-0.39, 0.29) is 5.91 Å². The van der Waals surface area contributed by atoms with Gasteiger partial charge in [0.1, 0.15) is 17.9 Å². The Kier molecular flexibility index (Phi) is 4.32. The molecule has 1 aliphatic heterocycles. The Morgan fingerprint density at radius 3 is 2.83 bits per heavy atom. The van der Waals surface area contributed by atoms with Crippen LogP contribution in [-0.4, -0.2) is 22.5 Å². The van der Waals surface area contributed by atoms with Crippen molar-refractivity contribution in [3.63, 3.8) is 0 Å². The fourth-order valence-corrected chi connectivity index (χ4v) is 3.94. The van der Waals surface area contributed by atoms with Gasteiger partial charge in [-0.2, -0.15) is 0 Å². The van der Waals surface area contributed by atoms with Gasteiger partial charge < -0.3 is 15.2 Å². The van der Waals surface area contributed by atoms with Crippen LogP contribution in [-0.2, 0) is 11.4 Å². The minimum absolute atomic E-state index is 0.356. The van der Waals surface area contributed by atoms with Crippen LogP contribution in [0.4, 0.5) is 0 Å². The molecule has 5 nitrogen and oxygen atoms in total. The number of amides is 1. The molecule has 126 valence electrons. The molecule has 1 aliphatic rings. The normalized spacial score (nSPS) is 14.8. The van der Waals surface area contributed by atoms with E-state index in [1.807, 2.05) is 31.2 Å². The lowest BCUT2D eigenvalue weighted by molar-refractivity contribution is -0.144. The number of benzene rings is 1. The lowest BCUT2D eigenvalue weighted by Crippen LogP contribution is -2.51. The van der Waals surface area contributed by atoms with Crippen LogP contribution < -0.4 is 10.1 Å². The molecule has 1 amide bonds. The molecular weight excluding hydrogens is 326 g/mol. The van der Waals surface area contributed by atoms with Crippen molar-refractivity contribution in [2.45, 2.75) is 38.8 Å². The summed E-state index contributed by atoms with van der Waals surface area (Å²) in [6.07, 6.45) is 1.05. The van der Waals surface area contributed by atoms with Crippen LogP contribution in [0.2, 0.25) is 0 Å². The van der Waals surface area contributed by atoms with E-state index in [0.29, 0.717) is 24.3 Å². The number of carboxylic acid groups (broad SMARTS) is 1. The molecule has 0 bridgehead atoms. The van der Waals surface area contributed by atoms with Crippen molar-refractivity contribution in [3.8, 4) is 16.2 Å². The van der Waals surface area contributed by atoms with Gasteiger partial charge in [0.2, 0.25) is 0 Å². The fraction of sp³-hybridized carbons (Fsp3) is 0.333. The minimum atomic E-state index is -1.26. The summed E-state index contributed by atoms with van der Waals surface area (Å²) in [5.74, 6) is -0.571. The maximum absolute atomic E-state index is 12.6. The van der Waals surface area contributed by atoms with Gasteiger partial charge in [-0.15, -0.1) is 11.3 Å². The van der Waals surface area contributed by atoms with Crippen LogP contribution in [0.5, 0.6) is 5.75 Å². The van der Waals surface area contributed by atoms with Crippen molar-refractivity contribution in [1.82, 2.24) is 5.32 Å². The predicted molar refractivity (Wildman–Crippen MR) is 92.5 cm³/mol. The van der Waals surface area contributed by atoms with E-state index >= 15 is 0 Å². The van der Waals surface area contributed by atoms with Crippen molar-refractivity contribution in [2.24, 2.45) is 0 Å². The molecule has 2 heterocycles. The number of fused-ring (bicyclic) bond motifs is 3. The van der Waals surface area contributed by atoms with Crippen LogP contribution in [0.25, 0.3) is 10.4 Å². The largest absolute Gasteiger partial charge is 0.488 e. The highest BCUT2D eigenvalue weighted by molar-refractivity contribution is 7.17. The third-order valence-corrected chi connectivity index (χ3v) is 5.37. The van der Waals surface area contributed by atoms with Gasteiger partial charge in [0.15, 0.2) is 0 Å². The van der Waals surface area contributed by atoms with Gasteiger partial charge in [0, 0.05) is 16.0 Å². The van der Waals surface area contributed by atoms with Crippen molar-refractivity contribution in [3.05, 3.63) is 40.8 Å². The number of rotatable bonds is 5. The number of hydrogen-bond donors (Lipinski definition) is 2. The van der Waals surface area contributed by atoms with Crippen LogP contribution in [0.15, 0.2) is 30.3 Å². The van der Waals surface area contributed by atoms with Crippen LogP contribution in [0.3, 0.4) is 0 Å². The molecule has 0 radical (unpaired) electrons. The standard InChI is InChI=1S/C18H19NO4S/c1-3-8-18(2,17(21)22)19-16(20)14-9-11-10-23-13-7-5-4-6-12(13)15(11)24-14/h4-7,9H,3,8,10H2,1-2H3,(H,19,20)(H,21,22). The Morgan fingerprint density at radius 1 is 1.38 bits per heavy atom. The van der Waals surface area contributed by atoms with Gasteiger partial charge in [0.25, 0.3) is 5.91 Å². The molecule has 1 aromatic heterocycles. The zero-order chi connectivity index (χ0) is 17.3. The molecule has 0 saturated carbocycles. The lowest BCUT2D eigenvalue weighted by atomic mass is 9.96. The molecule has 0 fully saturated rings. The third-order valence-electron chi connectivity index (χ3n) is 4.16. The second-order valence-corrected chi connectivity index (χ2v) is 7.14. The van der Waals surface area contributed by atoms with Gasteiger partial charge >= 0.3 is 5.97 Å². The first-order valence-electron chi connectivity index (χ1n) is 7.85. The second kappa shape index (κ2) is 6.28.